The summed E-state index contributed by atoms with van der Waals surface area (Å²) in [5.74, 6) is -0.332. The predicted octanol–water partition coefficient (Wildman–Crippen LogP) is 3.26. The first-order chi connectivity index (χ1) is 12.4. The number of carbonyl (C=O) groups excluding carboxylic acids is 1. The molecule has 2 heterocycles. The zero-order valence-corrected chi connectivity index (χ0v) is 15.2. The highest BCUT2D eigenvalue weighted by Gasteiger charge is 2.46. The summed E-state index contributed by atoms with van der Waals surface area (Å²) in [6.45, 7) is -0.134. The molecule has 0 aliphatic heterocycles. The Labute approximate surface area is 157 Å². The summed E-state index contributed by atoms with van der Waals surface area (Å²) in [5, 5.41) is 5.55. The molecule has 0 atom stereocenters. The number of benzene rings is 1. The maximum absolute atomic E-state index is 14.9. The van der Waals surface area contributed by atoms with Gasteiger partial charge in [0.2, 0.25) is 5.91 Å². The number of nitrogens with one attached hydrogen (secondary N) is 1. The van der Waals surface area contributed by atoms with Crippen LogP contribution in [0.1, 0.15) is 18.4 Å². The number of thiophene rings is 1. The summed E-state index contributed by atoms with van der Waals surface area (Å²) < 4.78 is 16.1. The largest absolute Gasteiger partial charge is 0.352 e. The third kappa shape index (κ3) is 3.12. The molecule has 0 unspecified atom stereocenters. The van der Waals surface area contributed by atoms with Crippen molar-refractivity contribution < 1.29 is 9.18 Å². The maximum atomic E-state index is 14.9. The third-order valence-corrected chi connectivity index (χ3v) is 5.67. The van der Waals surface area contributed by atoms with Gasteiger partial charge in [0.05, 0.1) is 11.7 Å². The highest BCUT2D eigenvalue weighted by Crippen LogP contribution is 2.45. The van der Waals surface area contributed by atoms with Crippen molar-refractivity contribution in [2.75, 3.05) is 0 Å². The maximum Gasteiger partial charge on any atom is 0.262 e. The van der Waals surface area contributed by atoms with E-state index in [1.54, 1.807) is 35.7 Å². The quantitative estimate of drug-likeness (QED) is 0.742. The minimum absolute atomic E-state index is 0.134. The van der Waals surface area contributed by atoms with Crippen LogP contribution in [0, 0.1) is 0 Å². The molecule has 134 valence electrons. The summed E-state index contributed by atoms with van der Waals surface area (Å²) in [6, 6.07) is 8.15. The highest BCUT2D eigenvalue weighted by molar-refractivity contribution is 7.16. The Hall–Kier alpha value is -2.25. The van der Waals surface area contributed by atoms with Crippen LogP contribution in [-0.2, 0) is 17.0 Å². The van der Waals surface area contributed by atoms with E-state index < -0.39 is 5.67 Å². The Morgan fingerprint density at radius 3 is 3.00 bits per heavy atom. The molecule has 0 saturated heterocycles. The van der Waals surface area contributed by atoms with E-state index in [0.717, 1.165) is 0 Å². The number of rotatable bonds is 4. The van der Waals surface area contributed by atoms with E-state index in [9.17, 15) is 14.0 Å². The van der Waals surface area contributed by atoms with Crippen molar-refractivity contribution >= 4 is 39.1 Å². The fourth-order valence-corrected chi connectivity index (χ4v) is 4.17. The fraction of sp³-hybridized carbons (Fsp3) is 0.278. The number of carbonyl (C=O) groups is 1. The van der Waals surface area contributed by atoms with Crippen LogP contribution >= 0.6 is 22.9 Å². The molecule has 1 aliphatic carbocycles. The van der Waals surface area contributed by atoms with Gasteiger partial charge in [-0.05, 0) is 29.1 Å². The van der Waals surface area contributed by atoms with Crippen molar-refractivity contribution in [1.82, 2.24) is 14.9 Å². The summed E-state index contributed by atoms with van der Waals surface area (Å²) in [7, 11) is 0. The van der Waals surface area contributed by atoms with Crippen molar-refractivity contribution in [2.24, 2.45) is 0 Å². The van der Waals surface area contributed by atoms with Crippen LogP contribution in [0.15, 0.2) is 46.8 Å². The second-order valence-electron chi connectivity index (χ2n) is 6.47. The van der Waals surface area contributed by atoms with Gasteiger partial charge in [-0.15, -0.1) is 11.3 Å². The molecule has 1 aliphatic rings. The Morgan fingerprint density at radius 2 is 2.23 bits per heavy atom. The van der Waals surface area contributed by atoms with Gasteiger partial charge in [-0.1, -0.05) is 23.7 Å². The van der Waals surface area contributed by atoms with Crippen molar-refractivity contribution in [3.8, 4) is 0 Å². The minimum atomic E-state index is -1.48. The Bertz CT molecular complexity index is 1040. The molecule has 0 bridgehead atoms. The fourth-order valence-electron chi connectivity index (χ4n) is 3.26. The first kappa shape index (κ1) is 17.2. The van der Waals surface area contributed by atoms with E-state index in [1.807, 2.05) is 0 Å². The van der Waals surface area contributed by atoms with Crippen LogP contribution < -0.4 is 10.9 Å². The van der Waals surface area contributed by atoms with Gasteiger partial charge in [0.15, 0.2) is 0 Å². The lowest BCUT2D eigenvalue weighted by atomic mass is 9.73. The summed E-state index contributed by atoms with van der Waals surface area (Å²) in [5.41, 5.74) is -1.20. The van der Waals surface area contributed by atoms with E-state index >= 15 is 0 Å². The first-order valence-corrected chi connectivity index (χ1v) is 9.37. The molecule has 3 aromatic rings. The number of fused-ring (bicyclic) bond motifs is 1. The molecule has 1 fully saturated rings. The van der Waals surface area contributed by atoms with Crippen LogP contribution in [0.25, 0.3) is 10.2 Å². The molecule has 1 saturated carbocycles. The lowest BCUT2D eigenvalue weighted by Gasteiger charge is -2.42. The van der Waals surface area contributed by atoms with E-state index in [-0.39, 0.29) is 36.9 Å². The summed E-state index contributed by atoms with van der Waals surface area (Å²) in [4.78, 5) is 29.3. The molecular formula is C18H15ClFN3O2S. The minimum Gasteiger partial charge on any atom is -0.352 e. The van der Waals surface area contributed by atoms with Crippen LogP contribution in [-0.4, -0.2) is 21.5 Å². The summed E-state index contributed by atoms with van der Waals surface area (Å²) >= 11 is 7.29. The van der Waals surface area contributed by atoms with Crippen LogP contribution in [0.3, 0.4) is 0 Å². The molecule has 0 spiro atoms. The second-order valence-corrected chi connectivity index (χ2v) is 7.80. The van der Waals surface area contributed by atoms with Gasteiger partial charge in [0.1, 0.15) is 17.0 Å². The standard InChI is InChI=1S/C18H15ClFN3O2S/c19-12-3-1-2-11(6-12)18(20)7-13(8-18)22-15(24)9-23-10-21-16-14(17(23)25)4-5-26-16/h1-6,10,13H,7-9H2,(H,22,24). The third-order valence-electron chi connectivity index (χ3n) is 4.61. The van der Waals surface area contributed by atoms with E-state index in [2.05, 4.69) is 10.3 Å². The van der Waals surface area contributed by atoms with Crippen molar-refractivity contribution in [1.29, 1.82) is 0 Å². The van der Waals surface area contributed by atoms with Gasteiger partial charge in [0, 0.05) is 23.9 Å². The van der Waals surface area contributed by atoms with E-state index in [0.29, 0.717) is 20.8 Å². The normalized spacial score (nSPS) is 22.2. The number of hydrogen-bond acceptors (Lipinski definition) is 4. The topological polar surface area (TPSA) is 64.0 Å². The predicted molar refractivity (Wildman–Crippen MR) is 99.3 cm³/mol. The second kappa shape index (κ2) is 6.48. The Kier molecular flexibility index (Phi) is 4.28. The van der Waals surface area contributed by atoms with Gasteiger partial charge in [-0.25, -0.2) is 9.37 Å². The number of nitrogens with zero attached hydrogens (tertiary/aromatic N) is 2. The zero-order valence-electron chi connectivity index (χ0n) is 13.6. The van der Waals surface area contributed by atoms with E-state index in [4.69, 9.17) is 11.6 Å². The van der Waals surface area contributed by atoms with Gasteiger partial charge in [-0.2, -0.15) is 0 Å². The molecule has 5 nitrogen and oxygen atoms in total. The monoisotopic (exact) mass is 391 g/mol. The van der Waals surface area contributed by atoms with E-state index in [1.165, 1.54) is 22.2 Å². The Morgan fingerprint density at radius 1 is 1.42 bits per heavy atom. The first-order valence-electron chi connectivity index (χ1n) is 8.12. The average molecular weight is 392 g/mol. The summed E-state index contributed by atoms with van der Waals surface area (Å²) in [6.07, 6.45) is 1.75. The highest BCUT2D eigenvalue weighted by atomic mass is 35.5. The van der Waals surface area contributed by atoms with Crippen molar-refractivity contribution in [2.45, 2.75) is 31.1 Å². The SMILES string of the molecule is O=C(Cn1cnc2sccc2c1=O)NC1CC(F)(c2cccc(Cl)c2)C1. The molecule has 4 rings (SSSR count). The number of aromatic nitrogens is 2. The van der Waals surface area contributed by atoms with Crippen LogP contribution in [0.5, 0.6) is 0 Å². The smallest absolute Gasteiger partial charge is 0.262 e. The number of alkyl halides is 1. The molecule has 1 amide bonds. The molecule has 1 N–H and O–H groups in total. The van der Waals surface area contributed by atoms with Gasteiger partial charge in [0.25, 0.3) is 5.56 Å². The van der Waals surface area contributed by atoms with Gasteiger partial charge in [-0.3, -0.25) is 14.2 Å². The lowest BCUT2D eigenvalue weighted by Crippen LogP contribution is -2.52. The number of amides is 1. The van der Waals surface area contributed by atoms with Gasteiger partial charge < -0.3 is 5.32 Å². The Balaban J connectivity index is 1.39. The molecule has 1 aromatic carbocycles. The van der Waals surface area contributed by atoms with Crippen LogP contribution in [0.2, 0.25) is 5.02 Å². The van der Waals surface area contributed by atoms with Crippen molar-refractivity contribution in [3.63, 3.8) is 0 Å². The van der Waals surface area contributed by atoms with Gasteiger partial charge >= 0.3 is 0 Å². The lowest BCUT2D eigenvalue weighted by molar-refractivity contribution is -0.124. The molecule has 0 radical (unpaired) electrons. The molecule has 26 heavy (non-hydrogen) atoms. The number of halogens is 2. The molecular weight excluding hydrogens is 377 g/mol. The molecule has 2 aromatic heterocycles. The average Bonchev–Trinajstić information content (AvgIpc) is 3.05. The number of hydrogen-bond donors (Lipinski definition) is 1. The van der Waals surface area contributed by atoms with Crippen molar-refractivity contribution in [3.05, 3.63) is 63.0 Å². The van der Waals surface area contributed by atoms with Crippen LogP contribution in [0.4, 0.5) is 4.39 Å². The zero-order chi connectivity index (χ0) is 18.3. The molecule has 8 heteroatoms.